The minimum absolute atomic E-state index is 0.280. The molecule has 1 aromatic carbocycles. The highest BCUT2D eigenvalue weighted by atomic mass is 35.5. The van der Waals surface area contributed by atoms with Crippen molar-refractivity contribution in [1.82, 2.24) is 10.3 Å². The van der Waals surface area contributed by atoms with Gasteiger partial charge in [0.1, 0.15) is 9.33 Å². The first-order chi connectivity index (χ1) is 11.2. The van der Waals surface area contributed by atoms with E-state index in [2.05, 4.69) is 10.3 Å². The molecule has 1 fully saturated rings. The van der Waals surface area contributed by atoms with Gasteiger partial charge in [0.25, 0.3) is 5.91 Å². The molecule has 0 radical (unpaired) electrons. The number of carbonyl (C=O) groups excluding carboxylic acids is 1. The summed E-state index contributed by atoms with van der Waals surface area (Å²) in [6, 6.07) is 3.47. The Labute approximate surface area is 152 Å². The molecule has 0 atom stereocenters. The SMILES string of the molecule is O=C1NC(=S)SC1=Cc1cnc(-c2ccc(C(F)(F)F)c(Cl)c2)s1. The maximum atomic E-state index is 12.7. The van der Waals surface area contributed by atoms with Gasteiger partial charge in [0, 0.05) is 16.6 Å². The number of hydrogen-bond acceptors (Lipinski definition) is 5. The fraction of sp³-hybridized carbons (Fsp3) is 0.0714. The van der Waals surface area contributed by atoms with E-state index < -0.39 is 11.7 Å². The molecule has 2 heterocycles. The number of amides is 1. The topological polar surface area (TPSA) is 42.0 Å². The summed E-state index contributed by atoms with van der Waals surface area (Å²) >= 11 is 13.0. The Morgan fingerprint density at radius 3 is 2.67 bits per heavy atom. The van der Waals surface area contributed by atoms with E-state index >= 15 is 0 Å². The van der Waals surface area contributed by atoms with Gasteiger partial charge in [0.2, 0.25) is 0 Å². The summed E-state index contributed by atoms with van der Waals surface area (Å²) in [5, 5.41) is 2.62. The molecule has 0 spiro atoms. The van der Waals surface area contributed by atoms with Gasteiger partial charge in [-0.3, -0.25) is 4.79 Å². The highest BCUT2D eigenvalue weighted by Gasteiger charge is 2.33. The van der Waals surface area contributed by atoms with Gasteiger partial charge in [0.05, 0.1) is 15.5 Å². The molecule has 0 aliphatic carbocycles. The van der Waals surface area contributed by atoms with Crippen molar-refractivity contribution < 1.29 is 18.0 Å². The average Bonchev–Trinajstić information content (AvgIpc) is 3.05. The van der Waals surface area contributed by atoms with Crippen LogP contribution in [0.15, 0.2) is 29.3 Å². The van der Waals surface area contributed by atoms with Crippen LogP contribution >= 0.6 is 46.9 Å². The molecule has 1 N–H and O–H groups in total. The van der Waals surface area contributed by atoms with Crippen LogP contribution in [0.3, 0.4) is 0 Å². The van der Waals surface area contributed by atoms with Crippen LogP contribution in [0, 0.1) is 0 Å². The summed E-state index contributed by atoms with van der Waals surface area (Å²) < 4.78 is 38.6. The molecule has 10 heteroatoms. The third kappa shape index (κ3) is 3.64. The maximum Gasteiger partial charge on any atom is 0.417 e. The van der Waals surface area contributed by atoms with Crippen LogP contribution in [0.5, 0.6) is 0 Å². The van der Waals surface area contributed by atoms with Crippen molar-refractivity contribution in [1.29, 1.82) is 0 Å². The molecule has 1 saturated heterocycles. The standard InChI is InChI=1S/C14H6ClF3N2OS3/c15-9-3-6(1-2-8(9)14(16,17)18)12-19-5-7(23-12)4-10-11(21)20-13(22)24-10/h1-5H,(H,20,21,22). The molecule has 0 saturated carbocycles. The van der Waals surface area contributed by atoms with E-state index in [-0.39, 0.29) is 10.9 Å². The Balaban J connectivity index is 1.89. The van der Waals surface area contributed by atoms with Gasteiger partial charge in [-0.2, -0.15) is 13.2 Å². The lowest BCUT2D eigenvalue weighted by molar-refractivity contribution is -0.137. The van der Waals surface area contributed by atoms with Gasteiger partial charge in [-0.1, -0.05) is 41.6 Å². The van der Waals surface area contributed by atoms with E-state index in [4.69, 9.17) is 23.8 Å². The van der Waals surface area contributed by atoms with Gasteiger partial charge in [-0.25, -0.2) is 4.98 Å². The Kier molecular flexibility index (Phi) is 4.69. The average molecular weight is 407 g/mol. The van der Waals surface area contributed by atoms with E-state index in [0.29, 0.717) is 24.7 Å². The molecule has 1 aliphatic rings. The number of thiazole rings is 1. The molecule has 1 aromatic heterocycles. The van der Waals surface area contributed by atoms with Gasteiger partial charge in [-0.15, -0.1) is 11.3 Å². The summed E-state index contributed by atoms with van der Waals surface area (Å²) in [4.78, 5) is 16.9. The first kappa shape index (κ1) is 17.4. The molecule has 0 bridgehead atoms. The predicted molar refractivity (Wildman–Crippen MR) is 93.9 cm³/mol. The first-order valence-corrected chi connectivity index (χ1v) is 8.74. The summed E-state index contributed by atoms with van der Waals surface area (Å²) in [6.07, 6.45) is -1.33. The molecule has 124 valence electrons. The predicted octanol–water partition coefficient (Wildman–Crippen LogP) is 4.97. The van der Waals surface area contributed by atoms with Crippen LogP contribution in [0.2, 0.25) is 5.02 Å². The zero-order chi connectivity index (χ0) is 17.5. The quantitative estimate of drug-likeness (QED) is 0.564. The Hall–Kier alpha value is -1.42. The fourth-order valence-electron chi connectivity index (χ4n) is 1.92. The van der Waals surface area contributed by atoms with Crippen molar-refractivity contribution >= 4 is 63.2 Å². The molecular weight excluding hydrogens is 401 g/mol. The van der Waals surface area contributed by atoms with Gasteiger partial charge in [-0.05, 0) is 18.2 Å². The fourth-order valence-corrected chi connectivity index (χ4v) is 4.17. The zero-order valence-electron chi connectivity index (χ0n) is 11.5. The lowest BCUT2D eigenvalue weighted by Gasteiger charge is -2.09. The second-order valence-electron chi connectivity index (χ2n) is 4.61. The van der Waals surface area contributed by atoms with Crippen LogP contribution in [0.1, 0.15) is 10.4 Å². The highest BCUT2D eigenvalue weighted by Crippen LogP contribution is 2.38. The molecule has 3 rings (SSSR count). The molecule has 3 nitrogen and oxygen atoms in total. The highest BCUT2D eigenvalue weighted by molar-refractivity contribution is 8.26. The third-order valence-electron chi connectivity index (χ3n) is 2.96. The number of nitrogens with one attached hydrogen (secondary N) is 1. The number of nitrogens with zero attached hydrogens (tertiary/aromatic N) is 1. The molecular formula is C14H6ClF3N2OS3. The number of alkyl halides is 3. The summed E-state index contributed by atoms with van der Waals surface area (Å²) in [6.45, 7) is 0. The van der Waals surface area contributed by atoms with Crippen LogP contribution in [-0.4, -0.2) is 15.2 Å². The lowest BCUT2D eigenvalue weighted by Crippen LogP contribution is -2.17. The van der Waals surface area contributed by atoms with E-state index in [1.54, 1.807) is 6.08 Å². The van der Waals surface area contributed by atoms with Crippen molar-refractivity contribution in [3.63, 3.8) is 0 Å². The van der Waals surface area contributed by atoms with E-state index in [1.165, 1.54) is 29.7 Å². The summed E-state index contributed by atoms with van der Waals surface area (Å²) in [7, 11) is 0. The lowest BCUT2D eigenvalue weighted by atomic mass is 10.1. The van der Waals surface area contributed by atoms with Crippen LogP contribution in [-0.2, 0) is 11.0 Å². The van der Waals surface area contributed by atoms with Crippen molar-refractivity contribution in [3.8, 4) is 10.6 Å². The Bertz CT molecular complexity index is 876. The minimum Gasteiger partial charge on any atom is -0.307 e. The maximum absolute atomic E-state index is 12.7. The molecule has 1 aliphatic heterocycles. The van der Waals surface area contributed by atoms with E-state index in [0.717, 1.165) is 17.8 Å². The number of benzene rings is 1. The first-order valence-electron chi connectivity index (χ1n) is 6.32. The smallest absolute Gasteiger partial charge is 0.307 e. The van der Waals surface area contributed by atoms with Crippen LogP contribution < -0.4 is 5.32 Å². The Morgan fingerprint density at radius 2 is 2.08 bits per heavy atom. The summed E-state index contributed by atoms with van der Waals surface area (Å²) in [5.74, 6) is -0.280. The molecule has 24 heavy (non-hydrogen) atoms. The number of carbonyl (C=O) groups is 1. The minimum atomic E-state index is -4.50. The van der Waals surface area contributed by atoms with Crippen molar-refractivity contribution in [2.24, 2.45) is 0 Å². The number of aromatic nitrogens is 1. The van der Waals surface area contributed by atoms with Gasteiger partial charge < -0.3 is 5.32 Å². The van der Waals surface area contributed by atoms with E-state index in [9.17, 15) is 18.0 Å². The number of hydrogen-bond donors (Lipinski definition) is 1. The number of halogens is 4. The van der Waals surface area contributed by atoms with Crippen LogP contribution in [0.4, 0.5) is 13.2 Å². The summed E-state index contributed by atoms with van der Waals surface area (Å²) in [5.41, 5.74) is -0.416. The largest absolute Gasteiger partial charge is 0.417 e. The zero-order valence-corrected chi connectivity index (χ0v) is 14.7. The van der Waals surface area contributed by atoms with Crippen molar-refractivity contribution in [3.05, 3.63) is 44.8 Å². The number of thiocarbonyl (C=S) groups is 1. The molecule has 0 unspecified atom stereocenters. The van der Waals surface area contributed by atoms with Crippen molar-refractivity contribution in [2.75, 3.05) is 0 Å². The third-order valence-corrected chi connectivity index (χ3v) is 5.43. The van der Waals surface area contributed by atoms with Crippen LogP contribution in [0.25, 0.3) is 16.6 Å². The van der Waals surface area contributed by atoms with Gasteiger partial charge >= 0.3 is 6.18 Å². The normalized spacial score (nSPS) is 16.8. The van der Waals surface area contributed by atoms with Gasteiger partial charge in [0.15, 0.2) is 0 Å². The monoisotopic (exact) mass is 406 g/mol. The second-order valence-corrected chi connectivity index (χ2v) is 7.80. The molecule has 2 aromatic rings. The van der Waals surface area contributed by atoms with E-state index in [1.807, 2.05) is 0 Å². The number of thioether (sulfide) groups is 1. The Morgan fingerprint density at radius 1 is 1.33 bits per heavy atom. The molecule has 1 amide bonds. The number of rotatable bonds is 2. The second kappa shape index (κ2) is 6.47. The van der Waals surface area contributed by atoms with Crippen molar-refractivity contribution in [2.45, 2.75) is 6.18 Å².